The van der Waals surface area contributed by atoms with Crippen molar-refractivity contribution in [1.82, 2.24) is 15.6 Å². The Balaban J connectivity index is 1.94. The van der Waals surface area contributed by atoms with Crippen molar-refractivity contribution < 1.29 is 40.6 Å². The highest BCUT2D eigenvalue weighted by molar-refractivity contribution is 5.83. The largest absolute Gasteiger partial charge is 0.493 e. The van der Waals surface area contributed by atoms with Crippen LogP contribution in [0.15, 0.2) is 60.8 Å². The van der Waals surface area contributed by atoms with Gasteiger partial charge in [-0.1, -0.05) is 24.3 Å². The lowest BCUT2D eigenvalue weighted by atomic mass is 9.96. The molecule has 0 saturated carbocycles. The van der Waals surface area contributed by atoms with Crippen molar-refractivity contribution >= 4 is 5.91 Å². The number of hydrogen-bond acceptors (Lipinski definition) is 5. The Morgan fingerprint density at radius 2 is 1.68 bits per heavy atom. The van der Waals surface area contributed by atoms with Crippen molar-refractivity contribution in [2.45, 2.75) is 37.7 Å². The fraction of sp³-hybridized carbons (Fsp3) is 0.308. The number of nitrogens with zero attached hydrogens (tertiary/aromatic N) is 1. The van der Waals surface area contributed by atoms with E-state index in [9.17, 15) is 31.1 Å². The molecule has 0 aliphatic heterocycles. The van der Waals surface area contributed by atoms with E-state index in [1.165, 1.54) is 62.7 Å². The summed E-state index contributed by atoms with van der Waals surface area (Å²) < 4.78 is 87.4. The van der Waals surface area contributed by atoms with Gasteiger partial charge in [-0.3, -0.25) is 15.1 Å². The second-order valence-corrected chi connectivity index (χ2v) is 8.19. The van der Waals surface area contributed by atoms with Crippen LogP contribution >= 0.6 is 0 Å². The van der Waals surface area contributed by atoms with Crippen molar-refractivity contribution in [3.63, 3.8) is 0 Å². The Morgan fingerprint density at radius 1 is 1.00 bits per heavy atom. The number of halogens is 6. The number of alkyl halides is 5. The van der Waals surface area contributed by atoms with E-state index < -0.39 is 42.3 Å². The number of aryl methyl sites for hydroxylation is 1. The smallest absolute Gasteiger partial charge is 0.433 e. The molecular weight excluding hydrogens is 516 g/mol. The quantitative estimate of drug-likeness (QED) is 0.309. The number of aromatic nitrogens is 1. The van der Waals surface area contributed by atoms with Gasteiger partial charge in [0.25, 0.3) is 0 Å². The summed E-state index contributed by atoms with van der Waals surface area (Å²) in [7, 11) is 2.71. The number of carbonyl (C=O) groups is 1. The molecule has 0 spiro atoms. The first-order chi connectivity index (χ1) is 18.0. The first-order valence-electron chi connectivity index (χ1n) is 11.4. The summed E-state index contributed by atoms with van der Waals surface area (Å²) in [6, 6.07) is 10.2. The van der Waals surface area contributed by atoms with Crippen LogP contribution in [-0.4, -0.2) is 31.7 Å². The maximum absolute atomic E-state index is 13.5. The summed E-state index contributed by atoms with van der Waals surface area (Å²) >= 11 is 0. The van der Waals surface area contributed by atoms with Crippen LogP contribution in [0.4, 0.5) is 26.3 Å². The SMILES string of the molecule is CNC(=O)C(N[C@H](CCc1ccc(C(F)(F)F)nc1)c1ccc(OC(F)F)c(OC)c1)c1ccc(F)cc1. The van der Waals surface area contributed by atoms with E-state index in [-0.39, 0.29) is 24.3 Å². The second kappa shape index (κ2) is 12.6. The number of amides is 1. The van der Waals surface area contributed by atoms with Crippen LogP contribution in [0.1, 0.15) is 40.9 Å². The molecule has 2 aromatic carbocycles. The predicted molar refractivity (Wildman–Crippen MR) is 126 cm³/mol. The summed E-state index contributed by atoms with van der Waals surface area (Å²) in [4.78, 5) is 16.2. The standard InChI is InChI=1S/C26H25F6N3O3/c1-33-24(36)23(16-5-8-18(27)9-6-16)35-19(10-3-15-4-12-22(34-14-15)26(30,31)32)17-7-11-20(38-25(28)29)21(13-17)37-2/h4-9,11-14,19,23,25,35H,3,10H2,1-2H3,(H,33,36)/t19-,23?/m1/s1. The van der Waals surface area contributed by atoms with Gasteiger partial charge in [-0.25, -0.2) is 4.39 Å². The molecule has 2 N–H and O–H groups in total. The van der Waals surface area contributed by atoms with Crippen LogP contribution in [0.5, 0.6) is 11.5 Å². The highest BCUT2D eigenvalue weighted by atomic mass is 19.4. The second-order valence-electron chi connectivity index (χ2n) is 8.19. The number of nitrogens with one attached hydrogen (secondary N) is 2. The van der Waals surface area contributed by atoms with Crippen molar-refractivity contribution in [3.05, 3.63) is 89.0 Å². The molecule has 0 bridgehead atoms. The summed E-state index contributed by atoms with van der Waals surface area (Å²) in [6.45, 7) is -3.08. The van der Waals surface area contributed by atoms with Gasteiger partial charge in [-0.2, -0.15) is 22.0 Å². The number of benzene rings is 2. The average molecular weight is 541 g/mol. The zero-order chi connectivity index (χ0) is 27.9. The number of carbonyl (C=O) groups excluding carboxylic acids is 1. The van der Waals surface area contributed by atoms with E-state index in [0.29, 0.717) is 16.7 Å². The Bertz CT molecular complexity index is 1200. The van der Waals surface area contributed by atoms with Crippen molar-refractivity contribution in [2.75, 3.05) is 14.2 Å². The first-order valence-corrected chi connectivity index (χ1v) is 11.4. The number of methoxy groups -OCH3 is 1. The zero-order valence-electron chi connectivity index (χ0n) is 20.4. The van der Waals surface area contributed by atoms with Crippen LogP contribution in [0.2, 0.25) is 0 Å². The Morgan fingerprint density at radius 3 is 2.24 bits per heavy atom. The minimum atomic E-state index is -4.57. The number of likely N-dealkylation sites (N-methyl/N-ethyl adjacent to an activating group) is 1. The van der Waals surface area contributed by atoms with Crippen LogP contribution in [0, 0.1) is 5.82 Å². The van der Waals surface area contributed by atoms with Crippen LogP contribution < -0.4 is 20.1 Å². The van der Waals surface area contributed by atoms with E-state index >= 15 is 0 Å². The van der Waals surface area contributed by atoms with Gasteiger partial charge in [-0.05, 0) is 59.9 Å². The van der Waals surface area contributed by atoms with Crippen LogP contribution in [0.25, 0.3) is 0 Å². The number of rotatable bonds is 11. The molecule has 1 aromatic heterocycles. The average Bonchev–Trinajstić information content (AvgIpc) is 2.89. The fourth-order valence-corrected chi connectivity index (χ4v) is 3.82. The van der Waals surface area contributed by atoms with E-state index in [0.717, 1.165) is 12.3 Å². The normalized spacial score (nSPS) is 13.2. The molecular formula is C26H25F6N3O3. The van der Waals surface area contributed by atoms with Gasteiger partial charge in [0.1, 0.15) is 17.6 Å². The Hall–Kier alpha value is -3.80. The van der Waals surface area contributed by atoms with Gasteiger partial charge < -0.3 is 14.8 Å². The lowest BCUT2D eigenvalue weighted by Crippen LogP contribution is -2.38. The fourth-order valence-electron chi connectivity index (χ4n) is 3.82. The third kappa shape index (κ3) is 7.60. The van der Waals surface area contributed by atoms with Crippen molar-refractivity contribution in [1.29, 1.82) is 0 Å². The van der Waals surface area contributed by atoms with Gasteiger partial charge >= 0.3 is 12.8 Å². The van der Waals surface area contributed by atoms with Crippen molar-refractivity contribution in [2.24, 2.45) is 0 Å². The first kappa shape index (κ1) is 28.8. The third-order valence-electron chi connectivity index (χ3n) is 5.72. The molecule has 38 heavy (non-hydrogen) atoms. The molecule has 12 heteroatoms. The van der Waals surface area contributed by atoms with Crippen LogP contribution in [-0.2, 0) is 17.4 Å². The summed E-state index contributed by atoms with van der Waals surface area (Å²) in [5, 5.41) is 5.74. The Labute approximate surface area is 215 Å². The summed E-state index contributed by atoms with van der Waals surface area (Å²) in [5.41, 5.74) is 0.467. The number of ether oxygens (including phenoxy) is 2. The van der Waals surface area contributed by atoms with Gasteiger partial charge in [0.2, 0.25) is 5.91 Å². The topological polar surface area (TPSA) is 72.5 Å². The summed E-state index contributed by atoms with van der Waals surface area (Å²) in [5.74, 6) is -1.10. The molecule has 204 valence electrons. The van der Waals surface area contributed by atoms with E-state index in [2.05, 4.69) is 20.4 Å². The van der Waals surface area contributed by atoms with E-state index in [1.807, 2.05) is 0 Å². The number of hydrogen-bond donors (Lipinski definition) is 2. The maximum Gasteiger partial charge on any atom is 0.433 e. The predicted octanol–water partition coefficient (Wildman–Crippen LogP) is 5.60. The van der Waals surface area contributed by atoms with Gasteiger partial charge in [0.15, 0.2) is 11.5 Å². The third-order valence-corrected chi connectivity index (χ3v) is 5.72. The van der Waals surface area contributed by atoms with Crippen LogP contribution in [0.3, 0.4) is 0 Å². The summed E-state index contributed by atoms with van der Waals surface area (Å²) in [6.07, 6.45) is -2.93. The molecule has 0 radical (unpaired) electrons. The molecule has 0 saturated heterocycles. The molecule has 1 unspecified atom stereocenters. The lowest BCUT2D eigenvalue weighted by Gasteiger charge is -2.26. The molecule has 6 nitrogen and oxygen atoms in total. The molecule has 3 aromatic rings. The van der Waals surface area contributed by atoms with Gasteiger partial charge in [-0.15, -0.1) is 0 Å². The maximum atomic E-state index is 13.5. The highest BCUT2D eigenvalue weighted by Gasteiger charge is 2.32. The molecule has 0 aliphatic rings. The molecule has 0 fully saturated rings. The lowest BCUT2D eigenvalue weighted by molar-refractivity contribution is -0.141. The van der Waals surface area contributed by atoms with Crippen molar-refractivity contribution in [3.8, 4) is 11.5 Å². The molecule has 1 amide bonds. The minimum Gasteiger partial charge on any atom is -0.493 e. The molecule has 0 aliphatic carbocycles. The molecule has 3 rings (SSSR count). The van der Waals surface area contributed by atoms with Gasteiger partial charge in [0.05, 0.1) is 7.11 Å². The van der Waals surface area contributed by atoms with E-state index in [4.69, 9.17) is 4.74 Å². The van der Waals surface area contributed by atoms with E-state index in [1.54, 1.807) is 0 Å². The number of pyridine rings is 1. The monoisotopic (exact) mass is 541 g/mol. The highest BCUT2D eigenvalue weighted by Crippen LogP contribution is 2.34. The molecule has 1 heterocycles. The zero-order valence-corrected chi connectivity index (χ0v) is 20.4. The Kier molecular flexibility index (Phi) is 9.56. The minimum absolute atomic E-state index is 0.0177. The molecule has 2 atom stereocenters. The van der Waals surface area contributed by atoms with Gasteiger partial charge in [0, 0.05) is 19.3 Å².